The average molecular weight is 277 g/mol. The van der Waals surface area contributed by atoms with Gasteiger partial charge in [-0.3, -0.25) is 0 Å². The number of benzene rings is 1. The van der Waals surface area contributed by atoms with Crippen LogP contribution in [0.4, 0.5) is 0 Å². The fourth-order valence-electron chi connectivity index (χ4n) is 1.25. The summed E-state index contributed by atoms with van der Waals surface area (Å²) in [5.74, 6) is -0.955. The van der Waals surface area contributed by atoms with E-state index in [4.69, 9.17) is 28.3 Å². The molecule has 8 heteroatoms. The number of hydrogen-bond acceptors (Lipinski definition) is 4. The van der Waals surface area contributed by atoms with E-state index in [0.29, 0.717) is 9.59 Å². The molecule has 0 aliphatic heterocycles. The molecule has 1 N–H and O–H groups in total. The van der Waals surface area contributed by atoms with E-state index >= 15 is 0 Å². The van der Waals surface area contributed by atoms with Gasteiger partial charge in [0.15, 0.2) is 0 Å². The zero-order valence-corrected chi connectivity index (χ0v) is 9.77. The van der Waals surface area contributed by atoms with E-state index in [9.17, 15) is 9.59 Å². The molecule has 1 aromatic heterocycles. The second-order valence-corrected chi connectivity index (χ2v) is 3.92. The minimum atomic E-state index is -0.955. The summed E-state index contributed by atoms with van der Waals surface area (Å²) < 4.78 is 5.92. The Kier molecular flexibility index (Phi) is 3.10. The largest absolute Gasteiger partial charge is 0.445 e. The predicted molar refractivity (Wildman–Crippen MR) is 60.8 cm³/mol. The number of rotatable bonds is 2. The van der Waals surface area contributed by atoms with Crippen molar-refractivity contribution in [3.63, 3.8) is 0 Å². The molecule has 17 heavy (non-hydrogen) atoms. The van der Waals surface area contributed by atoms with Gasteiger partial charge in [-0.05, 0) is 18.2 Å². The van der Waals surface area contributed by atoms with Crippen LogP contribution in [-0.2, 0) is 6.73 Å². The Morgan fingerprint density at radius 2 is 1.94 bits per heavy atom. The van der Waals surface area contributed by atoms with Gasteiger partial charge in [-0.1, -0.05) is 23.2 Å². The molecule has 0 spiro atoms. The zero-order chi connectivity index (χ0) is 12.6. The van der Waals surface area contributed by atoms with E-state index in [1.807, 2.05) is 0 Å². The van der Waals surface area contributed by atoms with Crippen molar-refractivity contribution in [2.75, 3.05) is 0 Å². The highest BCUT2D eigenvalue weighted by molar-refractivity contribution is 6.42. The van der Waals surface area contributed by atoms with E-state index in [0.717, 1.165) is 4.74 Å². The highest BCUT2D eigenvalue weighted by atomic mass is 35.5. The van der Waals surface area contributed by atoms with Crippen LogP contribution < -0.4 is 11.4 Å². The SMILES string of the molecule is O=c1on(-c2ccc(Cl)c(Cl)c2)c(=O)n1CO. The van der Waals surface area contributed by atoms with Gasteiger partial charge in [0, 0.05) is 0 Å². The fraction of sp³-hybridized carbons (Fsp3) is 0.111. The van der Waals surface area contributed by atoms with E-state index in [-0.39, 0.29) is 10.7 Å². The summed E-state index contributed by atoms with van der Waals surface area (Å²) >= 11 is 11.5. The van der Waals surface area contributed by atoms with Gasteiger partial charge in [0.1, 0.15) is 6.73 Å². The summed E-state index contributed by atoms with van der Waals surface area (Å²) in [6.07, 6.45) is 0. The number of hydrogen-bond donors (Lipinski definition) is 1. The maximum atomic E-state index is 11.6. The van der Waals surface area contributed by atoms with Crippen LogP contribution in [0.3, 0.4) is 0 Å². The van der Waals surface area contributed by atoms with Crippen LogP contribution in [0.5, 0.6) is 0 Å². The van der Waals surface area contributed by atoms with Crippen LogP contribution in [0.2, 0.25) is 10.0 Å². The quantitative estimate of drug-likeness (QED) is 0.882. The first-order chi connectivity index (χ1) is 8.04. The topological polar surface area (TPSA) is 77.4 Å². The summed E-state index contributed by atoms with van der Waals surface area (Å²) in [5, 5.41) is 9.33. The molecule has 2 rings (SSSR count). The maximum absolute atomic E-state index is 11.6. The molecule has 6 nitrogen and oxygen atoms in total. The Morgan fingerprint density at radius 1 is 1.24 bits per heavy atom. The normalized spacial score (nSPS) is 10.8. The van der Waals surface area contributed by atoms with Gasteiger partial charge in [-0.25, -0.2) is 14.2 Å². The molecule has 0 unspecified atom stereocenters. The molecule has 1 aromatic carbocycles. The van der Waals surface area contributed by atoms with Gasteiger partial charge in [-0.15, -0.1) is 4.74 Å². The molecular formula is C9H6Cl2N2O4. The molecule has 0 fully saturated rings. The Hall–Kier alpha value is -1.50. The van der Waals surface area contributed by atoms with Gasteiger partial charge >= 0.3 is 11.4 Å². The standard InChI is InChI=1S/C9H6Cl2N2O4/c10-6-2-1-5(3-7(6)11)13-8(15)12(4-14)9(16)17-13/h1-3,14H,4H2. The van der Waals surface area contributed by atoms with Crippen molar-refractivity contribution in [1.82, 2.24) is 9.31 Å². The highest BCUT2D eigenvalue weighted by Gasteiger charge is 2.13. The molecule has 1 heterocycles. The lowest BCUT2D eigenvalue weighted by atomic mass is 10.3. The molecular weight excluding hydrogens is 271 g/mol. The van der Waals surface area contributed by atoms with Gasteiger partial charge in [-0.2, -0.15) is 0 Å². The van der Waals surface area contributed by atoms with Crippen LogP contribution >= 0.6 is 23.2 Å². The van der Waals surface area contributed by atoms with Crippen molar-refractivity contribution in [3.05, 3.63) is 49.3 Å². The number of nitrogens with zero attached hydrogens (tertiary/aromatic N) is 2. The van der Waals surface area contributed by atoms with Crippen molar-refractivity contribution in [1.29, 1.82) is 0 Å². The number of aliphatic hydroxyl groups excluding tert-OH is 1. The molecule has 2 aromatic rings. The third-order valence-corrected chi connectivity index (χ3v) is 2.81. The van der Waals surface area contributed by atoms with Crippen LogP contribution in [0.15, 0.2) is 32.3 Å². The molecule has 0 bridgehead atoms. The van der Waals surface area contributed by atoms with Crippen molar-refractivity contribution in [2.45, 2.75) is 6.73 Å². The van der Waals surface area contributed by atoms with E-state index in [1.165, 1.54) is 18.2 Å². The van der Waals surface area contributed by atoms with Crippen molar-refractivity contribution in [3.8, 4) is 5.69 Å². The molecule has 0 aliphatic carbocycles. The highest BCUT2D eigenvalue weighted by Crippen LogP contribution is 2.23. The smallest absolute Gasteiger partial charge is 0.376 e. The number of aromatic nitrogens is 2. The van der Waals surface area contributed by atoms with Crippen molar-refractivity contribution < 1.29 is 9.63 Å². The van der Waals surface area contributed by atoms with Gasteiger partial charge in [0.05, 0.1) is 15.7 Å². The predicted octanol–water partition coefficient (Wildman–Crippen LogP) is 0.849. The van der Waals surface area contributed by atoms with Gasteiger partial charge < -0.3 is 9.63 Å². The van der Waals surface area contributed by atoms with Gasteiger partial charge in [0.2, 0.25) is 0 Å². The van der Waals surface area contributed by atoms with Crippen LogP contribution in [0.25, 0.3) is 5.69 Å². The lowest BCUT2D eigenvalue weighted by molar-refractivity contribution is 0.196. The monoisotopic (exact) mass is 276 g/mol. The maximum Gasteiger partial charge on any atom is 0.445 e. The summed E-state index contributed by atoms with van der Waals surface area (Å²) in [6.45, 7) is -0.754. The van der Waals surface area contributed by atoms with Crippen LogP contribution in [0.1, 0.15) is 0 Å². The second kappa shape index (κ2) is 4.40. The Bertz CT molecular complexity index is 670. The number of halogens is 2. The molecule has 90 valence electrons. The van der Waals surface area contributed by atoms with E-state index in [2.05, 4.69) is 4.52 Å². The summed E-state index contributed by atoms with van der Waals surface area (Å²) in [6, 6.07) is 4.29. The van der Waals surface area contributed by atoms with E-state index in [1.54, 1.807) is 0 Å². The first-order valence-electron chi connectivity index (χ1n) is 4.44. The van der Waals surface area contributed by atoms with Crippen molar-refractivity contribution >= 4 is 23.2 Å². The summed E-state index contributed by atoms with van der Waals surface area (Å²) in [5.41, 5.74) is -0.551. The minimum Gasteiger partial charge on any atom is -0.376 e. The second-order valence-electron chi connectivity index (χ2n) is 3.10. The van der Waals surface area contributed by atoms with Crippen LogP contribution in [-0.4, -0.2) is 14.4 Å². The van der Waals surface area contributed by atoms with Crippen molar-refractivity contribution in [2.24, 2.45) is 0 Å². The molecule has 0 saturated heterocycles. The number of aliphatic hydroxyl groups is 1. The molecule has 0 aliphatic rings. The minimum absolute atomic E-state index is 0.218. The Balaban J connectivity index is 2.65. The zero-order valence-electron chi connectivity index (χ0n) is 8.26. The first-order valence-corrected chi connectivity index (χ1v) is 5.19. The average Bonchev–Trinajstić information content (AvgIpc) is 2.58. The van der Waals surface area contributed by atoms with E-state index < -0.39 is 18.2 Å². The Labute approximate surface area is 104 Å². The van der Waals surface area contributed by atoms with Gasteiger partial charge in [0.25, 0.3) is 0 Å². The summed E-state index contributed by atoms with van der Waals surface area (Å²) in [7, 11) is 0. The lowest BCUT2D eigenvalue weighted by Crippen LogP contribution is -2.28. The Morgan fingerprint density at radius 3 is 2.47 bits per heavy atom. The van der Waals surface area contributed by atoms with Crippen LogP contribution in [0, 0.1) is 0 Å². The molecule has 0 radical (unpaired) electrons. The molecule has 0 atom stereocenters. The fourth-order valence-corrected chi connectivity index (χ4v) is 1.54. The summed E-state index contributed by atoms with van der Waals surface area (Å²) in [4.78, 5) is 22.8. The third-order valence-electron chi connectivity index (χ3n) is 2.07. The first kappa shape index (κ1) is 12.0. The lowest BCUT2D eigenvalue weighted by Gasteiger charge is -2.00. The molecule has 0 amide bonds. The molecule has 0 saturated carbocycles. The third kappa shape index (κ3) is 2.02.